The number of aromatic nitrogens is 2. The average Bonchev–Trinajstić information content (AvgIpc) is 3.25. The molecule has 2 aromatic carbocycles. The molecule has 1 fully saturated rings. The molecule has 166 valence electrons. The zero-order chi connectivity index (χ0) is 22.8. The van der Waals surface area contributed by atoms with Gasteiger partial charge in [0, 0.05) is 17.7 Å². The van der Waals surface area contributed by atoms with Gasteiger partial charge in [-0.3, -0.25) is 9.59 Å². The summed E-state index contributed by atoms with van der Waals surface area (Å²) in [5.41, 5.74) is 0.749. The lowest BCUT2D eigenvalue weighted by molar-refractivity contribution is -0.130. The van der Waals surface area contributed by atoms with E-state index in [4.69, 9.17) is 4.52 Å². The van der Waals surface area contributed by atoms with E-state index in [2.05, 4.69) is 15.5 Å². The molecule has 1 N–H and O–H groups in total. The van der Waals surface area contributed by atoms with Crippen molar-refractivity contribution in [2.75, 3.05) is 6.54 Å². The third kappa shape index (κ3) is 4.37. The minimum absolute atomic E-state index is 0.0564. The van der Waals surface area contributed by atoms with Crippen LogP contribution in [0.1, 0.15) is 42.5 Å². The van der Waals surface area contributed by atoms with E-state index in [0.29, 0.717) is 17.5 Å². The Morgan fingerprint density at radius 2 is 1.91 bits per heavy atom. The van der Waals surface area contributed by atoms with Gasteiger partial charge in [-0.05, 0) is 42.7 Å². The van der Waals surface area contributed by atoms with Crippen molar-refractivity contribution >= 4 is 11.8 Å². The third-order valence-electron chi connectivity index (χ3n) is 5.32. The Hall–Kier alpha value is -3.62. The number of piperazine rings is 1. The maximum atomic E-state index is 14.4. The minimum Gasteiger partial charge on any atom is -0.346 e. The van der Waals surface area contributed by atoms with Crippen molar-refractivity contribution in [2.24, 2.45) is 5.92 Å². The fourth-order valence-electron chi connectivity index (χ4n) is 3.77. The SMILES string of the molecule is CC(C)CC1C(=O)NC(c2ccccc2F)CN1C(=O)c1noc(-c2ccc(F)cc2)n1. The Bertz CT molecular complexity index is 1130. The van der Waals surface area contributed by atoms with Gasteiger partial charge in [-0.2, -0.15) is 4.98 Å². The molecule has 0 saturated carbocycles. The number of hydrogen-bond donors (Lipinski definition) is 1. The van der Waals surface area contributed by atoms with E-state index in [1.807, 2.05) is 13.8 Å². The molecule has 3 aromatic rings. The number of halogens is 2. The van der Waals surface area contributed by atoms with Crippen molar-refractivity contribution < 1.29 is 22.9 Å². The average molecular weight is 440 g/mol. The number of carbonyl (C=O) groups is 2. The topological polar surface area (TPSA) is 88.3 Å². The van der Waals surface area contributed by atoms with Crippen LogP contribution in [0.25, 0.3) is 11.5 Å². The molecule has 1 aliphatic heterocycles. The molecule has 0 spiro atoms. The number of nitrogens with zero attached hydrogens (tertiary/aromatic N) is 3. The minimum atomic E-state index is -0.752. The molecule has 2 heterocycles. The zero-order valence-corrected chi connectivity index (χ0v) is 17.6. The first-order valence-electron chi connectivity index (χ1n) is 10.3. The van der Waals surface area contributed by atoms with E-state index < -0.39 is 29.6 Å². The highest BCUT2D eigenvalue weighted by Gasteiger charge is 2.40. The van der Waals surface area contributed by atoms with Gasteiger partial charge in [0.25, 0.3) is 17.6 Å². The molecule has 2 atom stereocenters. The van der Waals surface area contributed by atoms with E-state index in [-0.39, 0.29) is 30.1 Å². The first kappa shape index (κ1) is 21.6. The van der Waals surface area contributed by atoms with Crippen LogP contribution in [0.3, 0.4) is 0 Å². The number of nitrogens with one attached hydrogen (secondary N) is 1. The molecule has 7 nitrogen and oxygen atoms in total. The normalized spacial score (nSPS) is 18.7. The summed E-state index contributed by atoms with van der Waals surface area (Å²) < 4.78 is 32.7. The quantitative estimate of drug-likeness (QED) is 0.653. The smallest absolute Gasteiger partial charge is 0.296 e. The van der Waals surface area contributed by atoms with Gasteiger partial charge in [0.2, 0.25) is 5.91 Å². The standard InChI is InChI=1S/C23H22F2N4O3/c1-13(2)11-19-21(30)26-18(16-5-3-4-6-17(16)25)12-29(19)23(31)20-27-22(32-28-20)14-7-9-15(24)10-8-14/h3-10,13,18-19H,11-12H2,1-2H3,(H,26,30). The Morgan fingerprint density at radius 3 is 2.59 bits per heavy atom. The lowest BCUT2D eigenvalue weighted by Crippen LogP contribution is -2.59. The van der Waals surface area contributed by atoms with E-state index in [1.54, 1.807) is 18.2 Å². The molecule has 1 aliphatic rings. The zero-order valence-electron chi connectivity index (χ0n) is 17.6. The first-order valence-corrected chi connectivity index (χ1v) is 10.3. The summed E-state index contributed by atoms with van der Waals surface area (Å²) in [6.07, 6.45) is 0.421. The third-order valence-corrected chi connectivity index (χ3v) is 5.32. The molecular weight excluding hydrogens is 418 g/mol. The van der Waals surface area contributed by atoms with Crippen molar-refractivity contribution in [1.82, 2.24) is 20.4 Å². The van der Waals surface area contributed by atoms with Gasteiger partial charge in [0.05, 0.1) is 6.04 Å². The van der Waals surface area contributed by atoms with Crippen LogP contribution >= 0.6 is 0 Å². The predicted molar refractivity (Wildman–Crippen MR) is 111 cm³/mol. The van der Waals surface area contributed by atoms with E-state index in [9.17, 15) is 18.4 Å². The van der Waals surface area contributed by atoms with Crippen molar-refractivity contribution in [2.45, 2.75) is 32.4 Å². The summed E-state index contributed by atoms with van der Waals surface area (Å²) in [5, 5.41) is 6.60. The van der Waals surface area contributed by atoms with Crippen molar-refractivity contribution in [1.29, 1.82) is 0 Å². The molecule has 1 aromatic heterocycles. The summed E-state index contributed by atoms with van der Waals surface area (Å²) in [5.74, 6) is -1.88. The number of amides is 2. The van der Waals surface area contributed by atoms with Gasteiger partial charge in [-0.25, -0.2) is 8.78 Å². The molecule has 4 rings (SSSR count). The molecule has 32 heavy (non-hydrogen) atoms. The van der Waals surface area contributed by atoms with Gasteiger partial charge in [0.1, 0.15) is 17.7 Å². The lowest BCUT2D eigenvalue weighted by atomic mass is 9.95. The van der Waals surface area contributed by atoms with Crippen LogP contribution in [0.15, 0.2) is 53.1 Å². The van der Waals surface area contributed by atoms with Crippen LogP contribution < -0.4 is 5.32 Å². The second-order valence-electron chi connectivity index (χ2n) is 8.12. The number of hydrogen-bond acceptors (Lipinski definition) is 5. The van der Waals surface area contributed by atoms with Gasteiger partial charge in [-0.1, -0.05) is 37.2 Å². The largest absolute Gasteiger partial charge is 0.346 e. The maximum Gasteiger partial charge on any atom is 0.296 e. The molecule has 1 saturated heterocycles. The maximum absolute atomic E-state index is 14.4. The lowest BCUT2D eigenvalue weighted by Gasteiger charge is -2.39. The Balaban J connectivity index is 1.64. The molecule has 9 heteroatoms. The molecule has 0 radical (unpaired) electrons. The number of rotatable bonds is 5. The molecule has 2 amide bonds. The van der Waals surface area contributed by atoms with Crippen molar-refractivity contribution in [3.63, 3.8) is 0 Å². The van der Waals surface area contributed by atoms with E-state index in [0.717, 1.165) is 0 Å². The monoisotopic (exact) mass is 440 g/mol. The summed E-state index contributed by atoms with van der Waals surface area (Å²) in [4.78, 5) is 31.7. The van der Waals surface area contributed by atoms with Crippen LogP contribution in [0.5, 0.6) is 0 Å². The predicted octanol–water partition coefficient (Wildman–Crippen LogP) is 3.74. The second-order valence-corrected chi connectivity index (χ2v) is 8.12. The molecule has 0 aliphatic carbocycles. The summed E-state index contributed by atoms with van der Waals surface area (Å²) >= 11 is 0. The van der Waals surface area contributed by atoms with Gasteiger partial charge >= 0.3 is 0 Å². The van der Waals surface area contributed by atoms with Crippen LogP contribution in [0, 0.1) is 17.6 Å². The van der Waals surface area contributed by atoms with Gasteiger partial charge in [0.15, 0.2) is 0 Å². The summed E-state index contributed by atoms with van der Waals surface area (Å²) in [6.45, 7) is 3.95. The number of carbonyl (C=O) groups excluding carboxylic acids is 2. The van der Waals surface area contributed by atoms with Crippen LogP contribution in [0.4, 0.5) is 8.78 Å². The highest BCUT2D eigenvalue weighted by molar-refractivity contribution is 5.96. The Kier molecular flexibility index (Phi) is 5.98. The van der Waals surface area contributed by atoms with Crippen molar-refractivity contribution in [3.05, 3.63) is 71.6 Å². The fraction of sp³-hybridized carbons (Fsp3) is 0.304. The second kappa shape index (κ2) is 8.86. The fourth-order valence-corrected chi connectivity index (χ4v) is 3.77. The van der Waals surface area contributed by atoms with Gasteiger partial charge < -0.3 is 14.7 Å². The van der Waals surface area contributed by atoms with Crippen molar-refractivity contribution in [3.8, 4) is 11.5 Å². The highest BCUT2D eigenvalue weighted by atomic mass is 19.1. The van der Waals surface area contributed by atoms with E-state index >= 15 is 0 Å². The molecular formula is C23H22F2N4O3. The highest BCUT2D eigenvalue weighted by Crippen LogP contribution is 2.27. The molecule has 2 unspecified atom stereocenters. The Labute approximate surface area is 183 Å². The van der Waals surface area contributed by atoms with Crippen LogP contribution in [-0.2, 0) is 4.79 Å². The van der Waals surface area contributed by atoms with Crippen LogP contribution in [-0.4, -0.2) is 39.4 Å². The van der Waals surface area contributed by atoms with Gasteiger partial charge in [-0.15, -0.1) is 0 Å². The first-order chi connectivity index (χ1) is 15.3. The summed E-state index contributed by atoms with van der Waals surface area (Å²) in [6, 6.07) is 10.1. The number of benzene rings is 2. The van der Waals surface area contributed by atoms with Crippen LogP contribution in [0.2, 0.25) is 0 Å². The summed E-state index contributed by atoms with van der Waals surface area (Å²) in [7, 11) is 0. The Morgan fingerprint density at radius 1 is 1.19 bits per heavy atom. The van der Waals surface area contributed by atoms with E-state index in [1.165, 1.54) is 35.2 Å². The molecule has 0 bridgehead atoms.